The Morgan fingerprint density at radius 3 is 1.24 bits per heavy atom. The molecule has 0 bridgehead atoms. The van der Waals surface area contributed by atoms with Crippen LogP contribution >= 0.6 is 0 Å². The fraction of sp³-hybridized carbons (Fsp3) is 0.444. The lowest BCUT2D eigenvalue weighted by Crippen LogP contribution is -1.97. The molecule has 0 radical (unpaired) electrons. The van der Waals surface area contributed by atoms with Crippen LogP contribution in [-0.2, 0) is 12.8 Å². The van der Waals surface area contributed by atoms with Gasteiger partial charge >= 0.3 is 0 Å². The number of nitrogens with zero attached hydrogens (tertiary/aromatic N) is 4. The van der Waals surface area contributed by atoms with Gasteiger partial charge in [0, 0.05) is 24.8 Å². The second-order valence-electron chi connectivity index (χ2n) is 11.0. The first-order valence-electron chi connectivity index (χ1n) is 15.8. The van der Waals surface area contributed by atoms with E-state index in [1.165, 1.54) is 88.2 Å². The number of ether oxygens (including phenoxy) is 1. The lowest BCUT2D eigenvalue weighted by Gasteiger charge is -2.13. The molecule has 0 saturated heterocycles. The van der Waals surface area contributed by atoms with Crippen molar-refractivity contribution >= 4 is 0 Å². The Bertz CT molecular complexity index is 1190. The number of unbranched alkanes of at least 4 members (excludes halogenated alkanes) is 10. The predicted octanol–water partition coefficient (Wildman–Crippen LogP) is 10.2. The fourth-order valence-electron chi connectivity index (χ4n) is 5.06. The summed E-state index contributed by atoms with van der Waals surface area (Å²) in [6.07, 6.45) is 25.3. The first-order valence-corrected chi connectivity index (χ1v) is 15.8. The largest absolute Gasteiger partial charge is 0.456 e. The molecular weight excluding hydrogens is 504 g/mol. The molecule has 4 rings (SSSR count). The number of hydrogen-bond donors (Lipinski definition) is 0. The van der Waals surface area contributed by atoms with E-state index in [1.54, 1.807) is 0 Å². The maximum Gasteiger partial charge on any atom is 0.162 e. The summed E-state index contributed by atoms with van der Waals surface area (Å²) in [5, 5.41) is 0. The molecule has 41 heavy (non-hydrogen) atoms. The highest BCUT2D eigenvalue weighted by molar-refractivity contribution is 5.68. The van der Waals surface area contributed by atoms with Crippen molar-refractivity contribution in [3.63, 3.8) is 0 Å². The third kappa shape index (κ3) is 9.77. The van der Waals surface area contributed by atoms with Gasteiger partial charge in [-0.05, 0) is 61.1 Å². The third-order valence-corrected chi connectivity index (χ3v) is 7.52. The van der Waals surface area contributed by atoms with Crippen LogP contribution in [0.25, 0.3) is 22.8 Å². The molecule has 216 valence electrons. The quantitative estimate of drug-likeness (QED) is 0.115. The van der Waals surface area contributed by atoms with E-state index in [4.69, 9.17) is 24.7 Å². The average molecular weight is 551 g/mol. The smallest absolute Gasteiger partial charge is 0.162 e. The number of benzene rings is 2. The van der Waals surface area contributed by atoms with Crippen molar-refractivity contribution in [2.24, 2.45) is 0 Å². The van der Waals surface area contributed by atoms with Gasteiger partial charge in [0.25, 0.3) is 0 Å². The molecule has 2 heterocycles. The topological polar surface area (TPSA) is 60.8 Å². The Balaban J connectivity index is 1.39. The minimum absolute atomic E-state index is 0.667. The normalized spacial score (nSPS) is 11.1. The van der Waals surface area contributed by atoms with E-state index >= 15 is 0 Å². The SMILES string of the molecule is CCCCCCCCc1cnc(-c2ccccc2Oc2ccccc2-c2ncc(CCCCCCCC)cn2)nc1. The van der Waals surface area contributed by atoms with Crippen LogP contribution in [0.2, 0.25) is 0 Å². The van der Waals surface area contributed by atoms with Gasteiger partial charge in [-0.15, -0.1) is 0 Å². The number of hydrogen-bond acceptors (Lipinski definition) is 5. The summed E-state index contributed by atoms with van der Waals surface area (Å²) in [7, 11) is 0. The van der Waals surface area contributed by atoms with Crippen LogP contribution in [-0.4, -0.2) is 19.9 Å². The summed E-state index contributed by atoms with van der Waals surface area (Å²) in [6, 6.07) is 15.9. The first kappa shape index (κ1) is 30.4. The standard InChI is InChI=1S/C36H46N4O/c1-3-5-7-9-11-13-19-29-25-37-35(38-26-29)31-21-15-17-23-33(31)41-34-24-18-16-22-32(34)36-39-27-30(28-40-36)20-14-12-10-8-6-4-2/h15-18,21-28H,3-14,19-20H2,1-2H3. The molecule has 5 nitrogen and oxygen atoms in total. The van der Waals surface area contributed by atoms with Crippen molar-refractivity contribution in [3.8, 4) is 34.3 Å². The Morgan fingerprint density at radius 2 is 0.829 bits per heavy atom. The summed E-state index contributed by atoms with van der Waals surface area (Å²) in [6.45, 7) is 4.51. The molecule has 5 heteroatoms. The van der Waals surface area contributed by atoms with Gasteiger partial charge in [-0.1, -0.05) is 102 Å². The van der Waals surface area contributed by atoms with E-state index < -0.39 is 0 Å². The molecule has 2 aromatic carbocycles. The van der Waals surface area contributed by atoms with E-state index in [-0.39, 0.29) is 0 Å². The highest BCUT2D eigenvalue weighted by Gasteiger charge is 2.14. The molecule has 0 aliphatic heterocycles. The van der Waals surface area contributed by atoms with Gasteiger partial charge in [-0.2, -0.15) is 0 Å². The Hall–Kier alpha value is -3.60. The average Bonchev–Trinajstić information content (AvgIpc) is 3.02. The van der Waals surface area contributed by atoms with E-state index in [1.807, 2.05) is 73.3 Å². The number of aryl methyl sites for hydroxylation is 2. The van der Waals surface area contributed by atoms with Gasteiger partial charge in [0.2, 0.25) is 0 Å². The molecule has 0 aliphatic rings. The molecule has 4 aromatic rings. The molecule has 0 aliphatic carbocycles. The first-order chi connectivity index (χ1) is 20.3. The van der Waals surface area contributed by atoms with Gasteiger partial charge in [-0.25, -0.2) is 19.9 Å². The molecule has 0 atom stereocenters. The third-order valence-electron chi connectivity index (χ3n) is 7.52. The summed E-state index contributed by atoms with van der Waals surface area (Å²) >= 11 is 0. The summed E-state index contributed by atoms with van der Waals surface area (Å²) in [5.74, 6) is 2.76. The lowest BCUT2D eigenvalue weighted by atomic mass is 10.1. The zero-order chi connectivity index (χ0) is 28.5. The Labute approximate surface area is 246 Å². The van der Waals surface area contributed by atoms with Crippen LogP contribution in [0.15, 0.2) is 73.3 Å². The minimum Gasteiger partial charge on any atom is -0.456 e. The van der Waals surface area contributed by atoms with Crippen LogP contribution in [0.1, 0.15) is 102 Å². The number of rotatable bonds is 18. The zero-order valence-corrected chi connectivity index (χ0v) is 25.0. The highest BCUT2D eigenvalue weighted by atomic mass is 16.5. The fourth-order valence-corrected chi connectivity index (χ4v) is 5.06. The molecule has 0 N–H and O–H groups in total. The van der Waals surface area contributed by atoms with E-state index in [0.717, 1.165) is 24.0 Å². The highest BCUT2D eigenvalue weighted by Crippen LogP contribution is 2.35. The van der Waals surface area contributed by atoms with Gasteiger partial charge < -0.3 is 4.74 Å². The second kappa shape index (κ2) is 17.3. The van der Waals surface area contributed by atoms with Gasteiger partial charge in [0.05, 0.1) is 11.1 Å². The summed E-state index contributed by atoms with van der Waals surface area (Å²) in [4.78, 5) is 18.8. The molecular formula is C36H46N4O. The van der Waals surface area contributed by atoms with Crippen molar-refractivity contribution in [2.45, 2.75) is 104 Å². The Kier molecular flexibility index (Phi) is 12.8. The zero-order valence-electron chi connectivity index (χ0n) is 25.0. The maximum absolute atomic E-state index is 6.47. The van der Waals surface area contributed by atoms with E-state index in [9.17, 15) is 0 Å². The lowest BCUT2D eigenvalue weighted by molar-refractivity contribution is 0.485. The van der Waals surface area contributed by atoms with Crippen LogP contribution < -0.4 is 4.74 Å². The molecule has 0 fully saturated rings. The molecule has 0 spiro atoms. The van der Waals surface area contributed by atoms with Crippen molar-refractivity contribution in [1.82, 2.24) is 19.9 Å². The van der Waals surface area contributed by atoms with Gasteiger partial charge in [-0.3, -0.25) is 0 Å². The van der Waals surface area contributed by atoms with Gasteiger partial charge in [0.15, 0.2) is 11.6 Å². The number of para-hydroxylation sites is 2. The maximum atomic E-state index is 6.47. The number of aromatic nitrogens is 4. The summed E-state index contributed by atoms with van der Waals surface area (Å²) in [5.41, 5.74) is 4.10. The monoisotopic (exact) mass is 550 g/mol. The molecule has 2 aromatic heterocycles. The predicted molar refractivity (Wildman–Crippen MR) is 169 cm³/mol. The molecule has 0 amide bonds. The van der Waals surface area contributed by atoms with Crippen LogP contribution in [0.3, 0.4) is 0 Å². The summed E-state index contributed by atoms with van der Waals surface area (Å²) < 4.78 is 6.47. The Morgan fingerprint density at radius 1 is 0.463 bits per heavy atom. The molecule has 0 unspecified atom stereocenters. The van der Waals surface area contributed by atoms with Crippen molar-refractivity contribution in [3.05, 3.63) is 84.4 Å². The van der Waals surface area contributed by atoms with E-state index in [0.29, 0.717) is 23.1 Å². The second-order valence-corrected chi connectivity index (χ2v) is 11.0. The van der Waals surface area contributed by atoms with Gasteiger partial charge in [0.1, 0.15) is 11.5 Å². The minimum atomic E-state index is 0.667. The van der Waals surface area contributed by atoms with Crippen LogP contribution in [0, 0.1) is 0 Å². The molecule has 0 saturated carbocycles. The van der Waals surface area contributed by atoms with Crippen molar-refractivity contribution in [1.29, 1.82) is 0 Å². The van der Waals surface area contributed by atoms with Crippen LogP contribution in [0.4, 0.5) is 0 Å². The van der Waals surface area contributed by atoms with Crippen molar-refractivity contribution in [2.75, 3.05) is 0 Å². The van der Waals surface area contributed by atoms with Crippen LogP contribution in [0.5, 0.6) is 11.5 Å². The van der Waals surface area contributed by atoms with E-state index in [2.05, 4.69) is 13.8 Å². The van der Waals surface area contributed by atoms with Crippen molar-refractivity contribution < 1.29 is 4.74 Å².